The van der Waals surface area contributed by atoms with Crippen LogP contribution in [0, 0.1) is 11.6 Å². The van der Waals surface area contributed by atoms with E-state index in [0.29, 0.717) is 10.8 Å². The van der Waals surface area contributed by atoms with Crippen LogP contribution < -0.4 is 0 Å². The van der Waals surface area contributed by atoms with Crippen LogP contribution in [0.5, 0.6) is 0 Å². The third-order valence-corrected chi connectivity index (χ3v) is 1.85. The Kier molecular flexibility index (Phi) is 2.92. The highest BCUT2D eigenvalue weighted by Gasteiger charge is 2.08. The Bertz CT molecular complexity index is 289. The van der Waals surface area contributed by atoms with Crippen LogP contribution >= 0.6 is 15.9 Å². The quantitative estimate of drug-likeness (QED) is 0.719. The largest absolute Gasteiger partial charge is 0.303 e. The van der Waals surface area contributed by atoms with Crippen molar-refractivity contribution in [3.8, 4) is 0 Å². The van der Waals surface area contributed by atoms with Gasteiger partial charge in [0, 0.05) is 16.5 Å². The van der Waals surface area contributed by atoms with Gasteiger partial charge in [-0.2, -0.15) is 0 Å². The van der Waals surface area contributed by atoms with Crippen LogP contribution in [0.25, 0.3) is 0 Å². The van der Waals surface area contributed by atoms with Gasteiger partial charge >= 0.3 is 0 Å². The predicted octanol–water partition coefficient (Wildman–Crippen LogP) is 2.47. The SMILES string of the molecule is O=CCc1c(F)cc(Br)cc1F. The first-order valence-corrected chi connectivity index (χ1v) is 4.01. The monoisotopic (exact) mass is 234 g/mol. The molecule has 0 N–H and O–H groups in total. The molecule has 0 amide bonds. The van der Waals surface area contributed by atoms with Gasteiger partial charge in [0.2, 0.25) is 0 Å². The number of halogens is 3. The zero-order valence-corrected chi connectivity index (χ0v) is 7.57. The first-order chi connectivity index (χ1) is 5.65. The summed E-state index contributed by atoms with van der Waals surface area (Å²) in [6.45, 7) is 0. The van der Waals surface area contributed by atoms with Gasteiger partial charge in [-0.15, -0.1) is 0 Å². The Balaban J connectivity index is 3.18. The summed E-state index contributed by atoms with van der Waals surface area (Å²) in [5.41, 5.74) is -0.187. The van der Waals surface area contributed by atoms with Crippen molar-refractivity contribution in [3.05, 3.63) is 33.8 Å². The van der Waals surface area contributed by atoms with E-state index >= 15 is 0 Å². The number of hydrogen-bond acceptors (Lipinski definition) is 1. The number of carbonyl (C=O) groups excluding carboxylic acids is 1. The Morgan fingerprint density at radius 3 is 2.25 bits per heavy atom. The lowest BCUT2D eigenvalue weighted by Crippen LogP contribution is -1.96. The maximum Gasteiger partial charge on any atom is 0.130 e. The molecule has 0 aliphatic carbocycles. The van der Waals surface area contributed by atoms with Gasteiger partial charge in [0.15, 0.2) is 0 Å². The van der Waals surface area contributed by atoms with Gasteiger partial charge in [0.1, 0.15) is 17.9 Å². The van der Waals surface area contributed by atoms with Crippen molar-refractivity contribution in [2.24, 2.45) is 0 Å². The second-order valence-electron chi connectivity index (χ2n) is 2.22. The molecule has 0 aliphatic heterocycles. The van der Waals surface area contributed by atoms with Gasteiger partial charge in [-0.3, -0.25) is 0 Å². The van der Waals surface area contributed by atoms with Crippen LogP contribution in [0.1, 0.15) is 5.56 Å². The van der Waals surface area contributed by atoms with E-state index in [4.69, 9.17) is 0 Å². The van der Waals surface area contributed by atoms with Gasteiger partial charge in [-0.05, 0) is 12.1 Å². The molecule has 1 rings (SSSR count). The molecule has 0 saturated heterocycles. The second kappa shape index (κ2) is 3.76. The van der Waals surface area contributed by atoms with E-state index in [1.54, 1.807) is 0 Å². The zero-order valence-electron chi connectivity index (χ0n) is 5.98. The highest BCUT2D eigenvalue weighted by Crippen LogP contribution is 2.19. The minimum atomic E-state index is -0.700. The van der Waals surface area contributed by atoms with E-state index in [-0.39, 0.29) is 12.0 Å². The fourth-order valence-corrected chi connectivity index (χ4v) is 1.25. The van der Waals surface area contributed by atoms with E-state index in [1.807, 2.05) is 0 Å². The van der Waals surface area contributed by atoms with Gasteiger partial charge in [0.05, 0.1) is 0 Å². The summed E-state index contributed by atoms with van der Waals surface area (Å²) < 4.78 is 26.1. The maximum atomic E-state index is 12.9. The number of carbonyl (C=O) groups is 1. The average Bonchev–Trinajstić information content (AvgIpc) is 1.96. The molecule has 1 aromatic rings. The van der Waals surface area contributed by atoms with Crippen molar-refractivity contribution >= 4 is 22.2 Å². The van der Waals surface area contributed by atoms with Crippen LogP contribution in [0.3, 0.4) is 0 Å². The summed E-state index contributed by atoms with van der Waals surface area (Å²) in [6, 6.07) is 2.25. The number of benzene rings is 1. The van der Waals surface area contributed by atoms with E-state index < -0.39 is 11.6 Å². The van der Waals surface area contributed by atoms with Crippen molar-refractivity contribution in [1.29, 1.82) is 0 Å². The molecule has 0 atom stereocenters. The molecule has 1 aromatic carbocycles. The molecule has 0 fully saturated rings. The molecule has 0 aliphatic rings. The van der Waals surface area contributed by atoms with Gasteiger partial charge in [0.25, 0.3) is 0 Å². The van der Waals surface area contributed by atoms with Crippen LogP contribution in [0.15, 0.2) is 16.6 Å². The Morgan fingerprint density at radius 2 is 1.83 bits per heavy atom. The van der Waals surface area contributed by atoms with Crippen LogP contribution in [-0.2, 0) is 11.2 Å². The molecule has 0 bridgehead atoms. The Hall–Kier alpha value is -0.770. The fourth-order valence-electron chi connectivity index (χ4n) is 0.850. The van der Waals surface area contributed by atoms with E-state index in [0.717, 1.165) is 12.1 Å². The standard InChI is InChI=1S/C8H5BrF2O/c9-5-3-7(10)6(1-2-12)8(11)4-5/h2-4H,1H2. The highest BCUT2D eigenvalue weighted by molar-refractivity contribution is 9.10. The first-order valence-electron chi connectivity index (χ1n) is 3.22. The molecular formula is C8H5BrF2O. The molecule has 0 radical (unpaired) electrons. The molecule has 0 aromatic heterocycles. The van der Waals surface area contributed by atoms with Crippen LogP contribution in [0.4, 0.5) is 8.78 Å². The maximum absolute atomic E-state index is 12.9. The lowest BCUT2D eigenvalue weighted by atomic mass is 10.1. The molecule has 0 saturated carbocycles. The molecule has 1 nitrogen and oxygen atoms in total. The normalized spacial score (nSPS) is 9.92. The van der Waals surface area contributed by atoms with Gasteiger partial charge in [-0.1, -0.05) is 15.9 Å². The van der Waals surface area contributed by atoms with Crippen molar-refractivity contribution in [2.45, 2.75) is 6.42 Å². The van der Waals surface area contributed by atoms with Crippen molar-refractivity contribution in [2.75, 3.05) is 0 Å². The van der Waals surface area contributed by atoms with Crippen LogP contribution in [-0.4, -0.2) is 6.29 Å². The van der Waals surface area contributed by atoms with Gasteiger partial charge < -0.3 is 4.79 Å². The summed E-state index contributed by atoms with van der Waals surface area (Å²) >= 11 is 2.93. The highest BCUT2D eigenvalue weighted by atomic mass is 79.9. The molecule has 4 heteroatoms. The Morgan fingerprint density at radius 1 is 1.33 bits per heavy atom. The molecule has 0 unspecified atom stereocenters. The number of aldehydes is 1. The van der Waals surface area contributed by atoms with Gasteiger partial charge in [-0.25, -0.2) is 8.78 Å². The van der Waals surface area contributed by atoms with Crippen LogP contribution in [0.2, 0.25) is 0 Å². The third kappa shape index (κ3) is 1.88. The van der Waals surface area contributed by atoms with Crippen molar-refractivity contribution in [1.82, 2.24) is 0 Å². The zero-order chi connectivity index (χ0) is 9.14. The minimum absolute atomic E-state index is 0.187. The molecule has 0 spiro atoms. The summed E-state index contributed by atoms with van der Waals surface area (Å²) in [7, 11) is 0. The molecular weight excluding hydrogens is 230 g/mol. The third-order valence-electron chi connectivity index (χ3n) is 1.39. The van der Waals surface area contributed by atoms with Crippen molar-refractivity contribution < 1.29 is 13.6 Å². The fraction of sp³-hybridized carbons (Fsp3) is 0.125. The number of hydrogen-bond donors (Lipinski definition) is 0. The van der Waals surface area contributed by atoms with E-state index in [9.17, 15) is 13.6 Å². The second-order valence-corrected chi connectivity index (χ2v) is 3.13. The number of rotatable bonds is 2. The summed E-state index contributed by atoms with van der Waals surface area (Å²) in [5, 5.41) is 0. The lowest BCUT2D eigenvalue weighted by Gasteiger charge is -2.00. The van der Waals surface area contributed by atoms with E-state index in [2.05, 4.69) is 15.9 Å². The summed E-state index contributed by atoms with van der Waals surface area (Å²) in [6.07, 6.45) is 0.236. The molecule has 0 heterocycles. The first kappa shape index (κ1) is 9.32. The van der Waals surface area contributed by atoms with Crippen molar-refractivity contribution in [3.63, 3.8) is 0 Å². The topological polar surface area (TPSA) is 17.1 Å². The predicted molar refractivity (Wildman–Crippen MR) is 43.8 cm³/mol. The summed E-state index contributed by atoms with van der Waals surface area (Å²) in [4.78, 5) is 10.0. The smallest absolute Gasteiger partial charge is 0.130 e. The molecule has 12 heavy (non-hydrogen) atoms. The summed E-state index contributed by atoms with van der Waals surface area (Å²) in [5.74, 6) is -1.40. The Labute approximate surface area is 76.5 Å². The minimum Gasteiger partial charge on any atom is -0.303 e. The molecule has 64 valence electrons. The van der Waals surface area contributed by atoms with E-state index in [1.165, 1.54) is 0 Å². The average molecular weight is 235 g/mol. The lowest BCUT2D eigenvalue weighted by molar-refractivity contribution is -0.107.